The minimum atomic E-state index is 0. The molecule has 0 aliphatic carbocycles. The Balaban J connectivity index is 0.00000320. The second-order valence-electron chi connectivity index (χ2n) is 8.18. The molecular formula is C23H41IN6. The normalized spacial score (nSPS) is 20.8. The number of likely N-dealkylation sites (tertiary alicyclic amines) is 1. The largest absolute Gasteiger partial charge is 0.369 e. The Morgan fingerprint density at radius 3 is 2.50 bits per heavy atom. The number of aliphatic imine (C=N–C) groups is 1. The van der Waals surface area contributed by atoms with Crippen LogP contribution in [0.25, 0.3) is 0 Å². The summed E-state index contributed by atoms with van der Waals surface area (Å²) in [4.78, 5) is 12.1. The summed E-state index contributed by atoms with van der Waals surface area (Å²) in [6.45, 7) is 12.4. The highest BCUT2D eigenvalue weighted by Crippen LogP contribution is 2.16. The Kier molecular flexibility index (Phi) is 11.8. The molecule has 2 aliphatic heterocycles. The third-order valence-corrected chi connectivity index (χ3v) is 6.32. The summed E-state index contributed by atoms with van der Waals surface area (Å²) < 4.78 is 0. The fraction of sp³-hybridized carbons (Fsp3) is 0.696. The van der Waals surface area contributed by atoms with E-state index >= 15 is 0 Å². The SMILES string of the molecule is CCN1CCCC1CNC(=NC)NCCCCN1CCN(c2ccccc2)CC1.I. The summed E-state index contributed by atoms with van der Waals surface area (Å²) in [6, 6.07) is 11.4. The van der Waals surface area contributed by atoms with Crippen LogP contribution in [0, 0.1) is 0 Å². The van der Waals surface area contributed by atoms with E-state index in [1.165, 1.54) is 57.5 Å². The molecule has 1 aromatic carbocycles. The summed E-state index contributed by atoms with van der Waals surface area (Å²) in [5.41, 5.74) is 1.36. The van der Waals surface area contributed by atoms with Gasteiger partial charge in [-0.1, -0.05) is 25.1 Å². The van der Waals surface area contributed by atoms with Gasteiger partial charge in [-0.25, -0.2) is 0 Å². The zero-order valence-corrected chi connectivity index (χ0v) is 21.2. The lowest BCUT2D eigenvalue weighted by molar-refractivity contribution is 0.253. The van der Waals surface area contributed by atoms with Crippen LogP contribution >= 0.6 is 24.0 Å². The Morgan fingerprint density at radius 1 is 1.03 bits per heavy atom. The summed E-state index contributed by atoms with van der Waals surface area (Å²) in [5, 5.41) is 7.00. The molecule has 2 heterocycles. The Hall–Kier alpha value is -1.06. The summed E-state index contributed by atoms with van der Waals surface area (Å²) in [5.74, 6) is 0.949. The van der Waals surface area contributed by atoms with Gasteiger partial charge in [0.2, 0.25) is 0 Å². The maximum Gasteiger partial charge on any atom is 0.191 e. The average Bonchev–Trinajstić information content (AvgIpc) is 3.24. The zero-order valence-electron chi connectivity index (χ0n) is 18.9. The van der Waals surface area contributed by atoms with Crippen LogP contribution in [0.15, 0.2) is 35.3 Å². The molecule has 0 bridgehead atoms. The van der Waals surface area contributed by atoms with Crippen molar-refractivity contribution in [2.45, 2.75) is 38.6 Å². The number of rotatable bonds is 9. The smallest absolute Gasteiger partial charge is 0.191 e. The van der Waals surface area contributed by atoms with Crippen molar-refractivity contribution in [3.63, 3.8) is 0 Å². The molecule has 0 saturated carbocycles. The fourth-order valence-corrected chi connectivity index (χ4v) is 4.51. The standard InChI is InChI=1S/C23H40N6.HI/c1-3-28-15-9-12-22(28)20-26-23(24-2)25-13-7-8-14-27-16-18-29(19-17-27)21-10-5-4-6-11-21;/h4-6,10-11,22H,3,7-9,12-20H2,1-2H3,(H2,24,25,26);1H. The average molecular weight is 529 g/mol. The van der Waals surface area contributed by atoms with Crippen molar-refractivity contribution in [3.05, 3.63) is 30.3 Å². The lowest BCUT2D eigenvalue weighted by Gasteiger charge is -2.36. The Morgan fingerprint density at radius 2 is 1.80 bits per heavy atom. The van der Waals surface area contributed by atoms with Crippen LogP contribution < -0.4 is 15.5 Å². The number of guanidine groups is 1. The molecule has 0 spiro atoms. The van der Waals surface area contributed by atoms with E-state index < -0.39 is 0 Å². The molecule has 2 N–H and O–H groups in total. The van der Waals surface area contributed by atoms with Gasteiger partial charge < -0.3 is 15.5 Å². The third-order valence-electron chi connectivity index (χ3n) is 6.32. The molecule has 6 nitrogen and oxygen atoms in total. The fourth-order valence-electron chi connectivity index (χ4n) is 4.51. The number of hydrogen-bond acceptors (Lipinski definition) is 4. The van der Waals surface area contributed by atoms with Crippen LogP contribution in [-0.2, 0) is 0 Å². The van der Waals surface area contributed by atoms with Gasteiger partial charge in [-0.2, -0.15) is 0 Å². The number of anilines is 1. The first-order valence-corrected chi connectivity index (χ1v) is 11.5. The molecular weight excluding hydrogens is 487 g/mol. The van der Waals surface area contributed by atoms with E-state index in [1.807, 2.05) is 7.05 Å². The molecule has 2 fully saturated rings. The minimum Gasteiger partial charge on any atom is -0.369 e. The number of nitrogens with one attached hydrogen (secondary N) is 2. The predicted octanol–water partition coefficient (Wildman–Crippen LogP) is 2.86. The van der Waals surface area contributed by atoms with Gasteiger partial charge in [0.15, 0.2) is 5.96 Å². The van der Waals surface area contributed by atoms with Crippen molar-refractivity contribution in [2.75, 3.05) is 70.9 Å². The third kappa shape index (κ3) is 7.89. The molecule has 3 rings (SSSR count). The second-order valence-corrected chi connectivity index (χ2v) is 8.18. The van der Waals surface area contributed by atoms with E-state index in [-0.39, 0.29) is 24.0 Å². The molecule has 2 aliphatic rings. The monoisotopic (exact) mass is 528 g/mol. The quantitative estimate of drug-likeness (QED) is 0.224. The molecule has 1 aromatic rings. The maximum absolute atomic E-state index is 4.38. The highest BCUT2D eigenvalue weighted by atomic mass is 127. The lowest BCUT2D eigenvalue weighted by Crippen LogP contribution is -2.47. The van der Waals surface area contributed by atoms with Crippen molar-refractivity contribution in [1.82, 2.24) is 20.4 Å². The van der Waals surface area contributed by atoms with E-state index in [0.717, 1.165) is 38.7 Å². The predicted molar refractivity (Wildman–Crippen MR) is 139 cm³/mol. The van der Waals surface area contributed by atoms with Crippen molar-refractivity contribution in [3.8, 4) is 0 Å². The zero-order chi connectivity index (χ0) is 20.3. The van der Waals surface area contributed by atoms with Gasteiger partial charge in [-0.15, -0.1) is 24.0 Å². The van der Waals surface area contributed by atoms with Crippen LogP contribution in [0.5, 0.6) is 0 Å². The van der Waals surface area contributed by atoms with E-state index in [4.69, 9.17) is 0 Å². The number of nitrogens with zero attached hydrogens (tertiary/aromatic N) is 4. The number of benzene rings is 1. The number of unbranched alkanes of at least 4 members (excludes halogenated alkanes) is 1. The number of piperazine rings is 1. The minimum absolute atomic E-state index is 0. The van der Waals surface area contributed by atoms with Gasteiger partial charge >= 0.3 is 0 Å². The topological polar surface area (TPSA) is 46.1 Å². The van der Waals surface area contributed by atoms with Gasteiger partial charge in [0, 0.05) is 58.0 Å². The Labute approximate surface area is 200 Å². The highest BCUT2D eigenvalue weighted by molar-refractivity contribution is 14.0. The molecule has 7 heteroatoms. The molecule has 30 heavy (non-hydrogen) atoms. The number of halogens is 1. The van der Waals surface area contributed by atoms with Crippen molar-refractivity contribution >= 4 is 35.6 Å². The van der Waals surface area contributed by atoms with E-state index in [0.29, 0.717) is 6.04 Å². The molecule has 2 saturated heterocycles. The van der Waals surface area contributed by atoms with Gasteiger partial charge in [0.1, 0.15) is 0 Å². The Bertz CT molecular complexity index is 603. The first kappa shape index (κ1) is 25.2. The molecule has 1 unspecified atom stereocenters. The van der Waals surface area contributed by atoms with Crippen LogP contribution in [0.4, 0.5) is 5.69 Å². The first-order chi connectivity index (χ1) is 14.3. The van der Waals surface area contributed by atoms with Gasteiger partial charge in [-0.3, -0.25) is 14.8 Å². The second kappa shape index (κ2) is 14.1. The van der Waals surface area contributed by atoms with Crippen molar-refractivity contribution in [1.29, 1.82) is 0 Å². The molecule has 0 amide bonds. The number of likely N-dealkylation sites (N-methyl/N-ethyl adjacent to an activating group) is 1. The first-order valence-electron chi connectivity index (χ1n) is 11.5. The molecule has 0 radical (unpaired) electrons. The lowest BCUT2D eigenvalue weighted by atomic mass is 10.2. The van der Waals surface area contributed by atoms with Crippen LogP contribution in [0.1, 0.15) is 32.6 Å². The van der Waals surface area contributed by atoms with Crippen molar-refractivity contribution < 1.29 is 0 Å². The number of hydrogen-bond donors (Lipinski definition) is 2. The molecule has 0 aromatic heterocycles. The van der Waals surface area contributed by atoms with Gasteiger partial charge in [0.25, 0.3) is 0 Å². The van der Waals surface area contributed by atoms with Crippen LogP contribution in [0.3, 0.4) is 0 Å². The maximum atomic E-state index is 4.38. The molecule has 170 valence electrons. The van der Waals surface area contributed by atoms with E-state index in [9.17, 15) is 0 Å². The van der Waals surface area contributed by atoms with E-state index in [1.54, 1.807) is 0 Å². The summed E-state index contributed by atoms with van der Waals surface area (Å²) >= 11 is 0. The van der Waals surface area contributed by atoms with Crippen molar-refractivity contribution in [2.24, 2.45) is 4.99 Å². The number of para-hydroxylation sites is 1. The highest BCUT2D eigenvalue weighted by Gasteiger charge is 2.22. The van der Waals surface area contributed by atoms with Crippen LogP contribution in [0.2, 0.25) is 0 Å². The van der Waals surface area contributed by atoms with E-state index in [2.05, 4.69) is 67.6 Å². The van der Waals surface area contributed by atoms with Gasteiger partial charge in [-0.05, 0) is 57.5 Å². The van der Waals surface area contributed by atoms with Crippen LogP contribution in [-0.4, -0.2) is 87.8 Å². The molecule has 1 atom stereocenters. The summed E-state index contributed by atoms with van der Waals surface area (Å²) in [6.07, 6.45) is 5.05. The van der Waals surface area contributed by atoms with Gasteiger partial charge in [0.05, 0.1) is 0 Å². The summed E-state index contributed by atoms with van der Waals surface area (Å²) in [7, 11) is 1.87.